The summed E-state index contributed by atoms with van der Waals surface area (Å²) in [6.45, 7) is 7.18. The Balaban J connectivity index is 1.27. The molecule has 5 rings (SSSR count). The van der Waals surface area contributed by atoms with Gasteiger partial charge in [0.05, 0.1) is 21.3 Å². The lowest BCUT2D eigenvalue weighted by Crippen LogP contribution is -2.54. The number of halogens is 1. The summed E-state index contributed by atoms with van der Waals surface area (Å²) in [4.78, 5) is 41.1. The number of aromatic nitrogens is 3. The normalized spacial score (nSPS) is 15.2. The zero-order valence-electron chi connectivity index (χ0n) is 24.9. The van der Waals surface area contributed by atoms with Gasteiger partial charge >= 0.3 is 0 Å². The molecule has 1 aromatic carbocycles. The highest BCUT2D eigenvalue weighted by Gasteiger charge is 2.39. The predicted octanol–water partition coefficient (Wildman–Crippen LogP) is 5.55. The first-order valence-corrected chi connectivity index (χ1v) is 16.1. The number of anilines is 2. The zero-order valence-corrected chi connectivity index (χ0v) is 26.6. The highest BCUT2D eigenvalue weighted by Crippen LogP contribution is 2.37. The molecule has 1 unspecified atom stereocenters. The van der Waals surface area contributed by atoms with E-state index in [-0.39, 0.29) is 29.0 Å². The van der Waals surface area contributed by atoms with Crippen molar-refractivity contribution in [2.45, 2.75) is 54.2 Å². The number of piperidine rings is 1. The second kappa shape index (κ2) is 13.8. The van der Waals surface area contributed by atoms with Crippen LogP contribution in [0.5, 0.6) is 0 Å². The smallest absolute Gasteiger partial charge is 0.273 e. The number of likely N-dealkylation sites (tertiary alicyclic amines) is 1. The minimum absolute atomic E-state index is 0.0460. The monoisotopic (exact) mass is 633 g/mol. The van der Waals surface area contributed by atoms with Gasteiger partial charge in [0.2, 0.25) is 5.91 Å². The lowest BCUT2D eigenvalue weighted by atomic mass is 9.72. The molecule has 4 heterocycles. The van der Waals surface area contributed by atoms with Gasteiger partial charge in [0.25, 0.3) is 5.91 Å². The van der Waals surface area contributed by atoms with Gasteiger partial charge in [-0.2, -0.15) is 0 Å². The molecule has 1 aliphatic heterocycles. The van der Waals surface area contributed by atoms with Crippen LogP contribution in [-0.4, -0.2) is 57.3 Å². The van der Waals surface area contributed by atoms with E-state index in [4.69, 9.17) is 5.73 Å². The Hall–Kier alpha value is -3.87. The molecule has 2 amide bonds. The molecule has 0 radical (unpaired) electrons. The summed E-state index contributed by atoms with van der Waals surface area (Å²) in [6.07, 6.45) is 6.09. The van der Waals surface area contributed by atoms with Crippen LogP contribution in [0.1, 0.15) is 48.3 Å². The van der Waals surface area contributed by atoms with Crippen molar-refractivity contribution >= 4 is 45.9 Å². The number of amides is 2. The van der Waals surface area contributed by atoms with Crippen LogP contribution in [0.4, 0.5) is 15.3 Å². The Bertz CT molecular complexity index is 1610. The summed E-state index contributed by atoms with van der Waals surface area (Å²) < 4.78 is 16.4. The molecular formula is C32H36FN7O2S2. The topological polar surface area (TPSA) is 126 Å². The van der Waals surface area contributed by atoms with Gasteiger partial charge in [-0.25, -0.2) is 19.3 Å². The summed E-state index contributed by atoms with van der Waals surface area (Å²) in [5.41, 5.74) is 7.59. The highest BCUT2D eigenvalue weighted by molar-refractivity contribution is 8.01. The SMILES string of the molecule is Cc1ccnc(Nc2ncc(Sc3ccnc(C(=O)NCC4(c5ccccc5)CCN(C(=O)C(N)C(C)C)CC4)c3F)s2)c1. The molecule has 12 heteroatoms. The molecule has 0 bridgehead atoms. The number of aryl methyl sites for hydroxylation is 1. The van der Waals surface area contributed by atoms with Crippen molar-refractivity contribution in [1.29, 1.82) is 0 Å². The van der Waals surface area contributed by atoms with E-state index in [0.29, 0.717) is 36.9 Å². The van der Waals surface area contributed by atoms with E-state index >= 15 is 4.39 Å². The predicted molar refractivity (Wildman–Crippen MR) is 172 cm³/mol. The van der Waals surface area contributed by atoms with Gasteiger partial charge in [0, 0.05) is 37.4 Å². The van der Waals surface area contributed by atoms with Crippen molar-refractivity contribution in [2.75, 3.05) is 25.0 Å². The number of nitrogens with two attached hydrogens (primary N) is 1. The fourth-order valence-corrected chi connectivity index (χ4v) is 7.06. The summed E-state index contributed by atoms with van der Waals surface area (Å²) in [5.74, 6) is -0.603. The zero-order chi connectivity index (χ0) is 31.3. The molecule has 4 aromatic rings. The number of carbonyl (C=O) groups excluding carboxylic acids is 2. The third-order valence-corrected chi connectivity index (χ3v) is 9.97. The standard InChI is InChI=1S/C32H36FN7O2S2/c1-20(2)27(34)30(42)40-15-11-32(12-16-40,22-7-5-4-6-8-22)19-38-29(41)28-26(33)23(10-14-36-28)43-25-18-37-31(44-25)39-24-17-21(3)9-13-35-24/h4-10,13-14,17-18,20,27H,11-12,15-16,19,34H2,1-3H3,(H,38,41)(H,35,37,39). The quantitative estimate of drug-likeness (QED) is 0.208. The second-order valence-corrected chi connectivity index (χ2v) is 13.7. The van der Waals surface area contributed by atoms with Crippen molar-refractivity contribution in [2.24, 2.45) is 11.7 Å². The number of pyridine rings is 2. The molecule has 1 atom stereocenters. The summed E-state index contributed by atoms with van der Waals surface area (Å²) in [7, 11) is 0. The molecule has 0 spiro atoms. The number of nitrogens with one attached hydrogen (secondary N) is 2. The minimum atomic E-state index is -0.685. The number of carbonyl (C=O) groups is 2. The van der Waals surface area contributed by atoms with E-state index in [0.717, 1.165) is 15.3 Å². The molecule has 1 fully saturated rings. The first-order chi connectivity index (χ1) is 21.1. The number of hydrogen-bond acceptors (Lipinski definition) is 9. The van der Waals surface area contributed by atoms with Gasteiger partial charge in [-0.05, 0) is 55.0 Å². The van der Waals surface area contributed by atoms with Crippen LogP contribution in [0.2, 0.25) is 0 Å². The third-order valence-electron chi connectivity index (χ3n) is 7.92. The molecule has 1 saturated heterocycles. The molecular weight excluding hydrogens is 598 g/mol. The maximum absolute atomic E-state index is 15.6. The average molecular weight is 634 g/mol. The Labute approximate surface area is 264 Å². The molecule has 4 N–H and O–H groups in total. The number of thiazole rings is 1. The molecule has 9 nitrogen and oxygen atoms in total. The van der Waals surface area contributed by atoms with E-state index in [1.807, 2.05) is 68.1 Å². The maximum atomic E-state index is 15.6. The first-order valence-electron chi connectivity index (χ1n) is 14.5. The van der Waals surface area contributed by atoms with Crippen molar-refractivity contribution in [3.05, 3.63) is 89.8 Å². The summed E-state index contributed by atoms with van der Waals surface area (Å²) in [5, 5.41) is 6.75. The second-order valence-electron chi connectivity index (χ2n) is 11.3. The summed E-state index contributed by atoms with van der Waals surface area (Å²) >= 11 is 2.54. The molecule has 0 saturated carbocycles. The molecule has 230 valence electrons. The van der Waals surface area contributed by atoms with E-state index in [2.05, 4.69) is 25.6 Å². The van der Waals surface area contributed by atoms with Crippen LogP contribution in [0.3, 0.4) is 0 Å². The van der Waals surface area contributed by atoms with E-state index in [1.165, 1.54) is 29.3 Å². The Morgan fingerprint density at radius 2 is 1.82 bits per heavy atom. The van der Waals surface area contributed by atoms with Crippen molar-refractivity contribution in [3.63, 3.8) is 0 Å². The van der Waals surface area contributed by atoms with Gasteiger partial charge in [0.1, 0.15) is 5.82 Å². The van der Waals surface area contributed by atoms with Crippen LogP contribution in [0.25, 0.3) is 0 Å². The van der Waals surface area contributed by atoms with Crippen LogP contribution in [0, 0.1) is 18.7 Å². The fourth-order valence-electron chi connectivity index (χ4n) is 5.19. The summed E-state index contributed by atoms with van der Waals surface area (Å²) in [6, 6.07) is 14.8. The van der Waals surface area contributed by atoms with Gasteiger partial charge in [-0.15, -0.1) is 0 Å². The Morgan fingerprint density at radius 3 is 2.52 bits per heavy atom. The fraction of sp³-hybridized carbons (Fsp3) is 0.344. The molecule has 0 aliphatic carbocycles. The van der Waals surface area contributed by atoms with Crippen LogP contribution in [0.15, 0.2) is 76.2 Å². The minimum Gasteiger partial charge on any atom is -0.350 e. The van der Waals surface area contributed by atoms with E-state index < -0.39 is 23.2 Å². The molecule has 1 aliphatic rings. The number of nitrogens with zero attached hydrogens (tertiary/aromatic N) is 4. The Kier molecular flexibility index (Phi) is 9.92. The van der Waals surface area contributed by atoms with Gasteiger partial charge in [-0.1, -0.05) is 67.3 Å². The Morgan fingerprint density at radius 1 is 1.09 bits per heavy atom. The van der Waals surface area contributed by atoms with Crippen LogP contribution in [-0.2, 0) is 10.2 Å². The van der Waals surface area contributed by atoms with Crippen molar-refractivity contribution in [1.82, 2.24) is 25.2 Å². The van der Waals surface area contributed by atoms with Crippen molar-refractivity contribution < 1.29 is 14.0 Å². The van der Waals surface area contributed by atoms with Crippen molar-refractivity contribution in [3.8, 4) is 0 Å². The largest absolute Gasteiger partial charge is 0.350 e. The van der Waals surface area contributed by atoms with Gasteiger partial charge in [-0.3, -0.25) is 9.59 Å². The third kappa shape index (κ3) is 7.25. The van der Waals surface area contributed by atoms with Gasteiger partial charge < -0.3 is 21.3 Å². The number of rotatable bonds is 10. The van der Waals surface area contributed by atoms with E-state index in [1.54, 1.807) is 18.5 Å². The van der Waals surface area contributed by atoms with Crippen LogP contribution < -0.4 is 16.4 Å². The molecule has 3 aromatic heterocycles. The van der Waals surface area contributed by atoms with Gasteiger partial charge in [0.15, 0.2) is 16.6 Å². The highest BCUT2D eigenvalue weighted by atomic mass is 32.2. The first kappa shape index (κ1) is 31.6. The number of hydrogen-bond donors (Lipinski definition) is 3. The lowest BCUT2D eigenvalue weighted by molar-refractivity contribution is -0.135. The van der Waals surface area contributed by atoms with E-state index in [9.17, 15) is 9.59 Å². The number of benzene rings is 1. The molecule has 44 heavy (non-hydrogen) atoms. The van der Waals surface area contributed by atoms with Crippen LogP contribution >= 0.6 is 23.1 Å². The average Bonchev–Trinajstić information content (AvgIpc) is 3.47. The lowest BCUT2D eigenvalue weighted by Gasteiger charge is -2.43. The maximum Gasteiger partial charge on any atom is 0.273 e.